The predicted molar refractivity (Wildman–Crippen MR) is 75.3 cm³/mol. The Morgan fingerprint density at radius 3 is 2.63 bits per heavy atom. The van der Waals surface area contributed by atoms with Crippen molar-refractivity contribution in [1.29, 1.82) is 0 Å². The molecule has 0 fully saturated rings. The average Bonchev–Trinajstić information content (AvgIpc) is 2.79. The fourth-order valence-electron chi connectivity index (χ4n) is 2.11. The number of hydrogen-bond donors (Lipinski definition) is 1. The molecule has 0 atom stereocenters. The number of aromatic nitrogens is 1. The molecule has 0 saturated heterocycles. The van der Waals surface area contributed by atoms with Gasteiger partial charge in [-0.2, -0.15) is 0 Å². The van der Waals surface area contributed by atoms with Crippen molar-refractivity contribution in [1.82, 2.24) is 4.98 Å². The van der Waals surface area contributed by atoms with Crippen molar-refractivity contribution in [2.75, 3.05) is 6.61 Å². The number of hydrogen-bond acceptors (Lipinski definition) is 2. The third kappa shape index (κ3) is 3.47. The summed E-state index contributed by atoms with van der Waals surface area (Å²) in [5, 5.41) is 0. The molecule has 2 aromatic rings. The molecule has 1 aromatic carbocycles. The Labute approximate surface area is 113 Å². The highest BCUT2D eigenvalue weighted by Gasteiger charge is 2.13. The molecule has 100 valence electrons. The number of H-pyrrole nitrogens is 1. The molecule has 0 spiro atoms. The van der Waals surface area contributed by atoms with Gasteiger partial charge in [-0.3, -0.25) is 0 Å². The molecule has 0 saturated carbocycles. The van der Waals surface area contributed by atoms with E-state index in [1.54, 1.807) is 0 Å². The lowest BCUT2D eigenvalue weighted by atomic mass is 10.1. The van der Waals surface area contributed by atoms with Crippen molar-refractivity contribution >= 4 is 5.97 Å². The van der Waals surface area contributed by atoms with Crippen LogP contribution < -0.4 is 0 Å². The Balaban J connectivity index is 2.02. The third-order valence-electron chi connectivity index (χ3n) is 3.09. The van der Waals surface area contributed by atoms with E-state index in [1.165, 1.54) is 5.56 Å². The fraction of sp³-hybridized carbons (Fsp3) is 0.312. The molecule has 0 unspecified atom stereocenters. The van der Waals surface area contributed by atoms with Gasteiger partial charge in [-0.15, -0.1) is 0 Å². The number of carbonyl (C=O) groups excluding carboxylic acids is 1. The van der Waals surface area contributed by atoms with E-state index in [1.807, 2.05) is 38.1 Å². The number of aryl methyl sites for hydroxylation is 3. The van der Waals surface area contributed by atoms with Crippen molar-refractivity contribution in [3.05, 3.63) is 58.9 Å². The molecule has 0 radical (unpaired) electrons. The zero-order valence-corrected chi connectivity index (χ0v) is 11.4. The zero-order valence-electron chi connectivity index (χ0n) is 11.4. The molecule has 0 amide bonds. The molecule has 0 aliphatic rings. The van der Waals surface area contributed by atoms with E-state index < -0.39 is 0 Å². The Morgan fingerprint density at radius 2 is 1.95 bits per heavy atom. The Morgan fingerprint density at radius 1 is 1.21 bits per heavy atom. The van der Waals surface area contributed by atoms with Crippen molar-refractivity contribution < 1.29 is 9.53 Å². The van der Waals surface area contributed by atoms with E-state index in [9.17, 15) is 4.79 Å². The zero-order chi connectivity index (χ0) is 13.7. The first-order valence-corrected chi connectivity index (χ1v) is 6.60. The highest BCUT2D eigenvalue weighted by molar-refractivity contribution is 5.90. The number of rotatable bonds is 5. The quantitative estimate of drug-likeness (QED) is 0.835. The second-order valence-electron chi connectivity index (χ2n) is 4.54. The van der Waals surface area contributed by atoms with Crippen LogP contribution in [0.5, 0.6) is 0 Å². The van der Waals surface area contributed by atoms with Crippen molar-refractivity contribution in [2.24, 2.45) is 0 Å². The Hall–Kier alpha value is -2.03. The first kappa shape index (κ1) is 13.4. The lowest BCUT2D eigenvalue weighted by molar-refractivity contribution is 0.0525. The van der Waals surface area contributed by atoms with Gasteiger partial charge in [0, 0.05) is 11.4 Å². The van der Waals surface area contributed by atoms with Crippen LogP contribution in [0.25, 0.3) is 0 Å². The van der Waals surface area contributed by atoms with Crippen LogP contribution in [0.4, 0.5) is 0 Å². The molecule has 0 aliphatic carbocycles. The maximum Gasteiger partial charge on any atom is 0.339 e. The van der Waals surface area contributed by atoms with E-state index in [4.69, 9.17) is 4.74 Å². The maximum absolute atomic E-state index is 11.7. The Bertz CT molecular complexity index is 543. The lowest BCUT2D eigenvalue weighted by Crippen LogP contribution is -2.04. The number of carbonyl (C=O) groups is 1. The van der Waals surface area contributed by atoms with Crippen molar-refractivity contribution in [3.8, 4) is 0 Å². The van der Waals surface area contributed by atoms with Crippen LogP contribution in [0.15, 0.2) is 36.4 Å². The SMILES string of the molecule is CCOC(=O)c1cc(CCc2ccccc2)[nH]c1C. The van der Waals surface area contributed by atoms with Crippen LogP contribution in [0, 0.1) is 6.92 Å². The number of ether oxygens (including phenoxy) is 1. The molecule has 1 heterocycles. The van der Waals surface area contributed by atoms with Crippen molar-refractivity contribution in [3.63, 3.8) is 0 Å². The molecule has 1 aromatic heterocycles. The van der Waals surface area contributed by atoms with Gasteiger partial charge in [-0.1, -0.05) is 30.3 Å². The molecule has 3 heteroatoms. The summed E-state index contributed by atoms with van der Waals surface area (Å²) in [6, 6.07) is 12.2. The van der Waals surface area contributed by atoms with Crippen LogP contribution in [-0.4, -0.2) is 17.6 Å². The molecular weight excluding hydrogens is 238 g/mol. The summed E-state index contributed by atoms with van der Waals surface area (Å²) in [6.45, 7) is 4.12. The second kappa shape index (κ2) is 6.23. The van der Waals surface area contributed by atoms with Gasteiger partial charge in [-0.25, -0.2) is 4.79 Å². The molecule has 1 N–H and O–H groups in total. The molecule has 0 bridgehead atoms. The van der Waals surface area contributed by atoms with E-state index in [0.717, 1.165) is 24.2 Å². The van der Waals surface area contributed by atoms with E-state index in [-0.39, 0.29) is 5.97 Å². The topological polar surface area (TPSA) is 42.1 Å². The highest BCUT2D eigenvalue weighted by Crippen LogP contribution is 2.14. The summed E-state index contributed by atoms with van der Waals surface area (Å²) < 4.78 is 5.03. The first-order valence-electron chi connectivity index (χ1n) is 6.60. The minimum Gasteiger partial charge on any atom is -0.462 e. The molecule has 2 rings (SSSR count). The lowest BCUT2D eigenvalue weighted by Gasteiger charge is -1.99. The summed E-state index contributed by atoms with van der Waals surface area (Å²) >= 11 is 0. The largest absolute Gasteiger partial charge is 0.462 e. The van der Waals surface area contributed by atoms with Crippen LogP contribution in [-0.2, 0) is 17.6 Å². The van der Waals surface area contributed by atoms with Crippen LogP contribution >= 0.6 is 0 Å². The minimum atomic E-state index is -0.248. The summed E-state index contributed by atoms with van der Waals surface area (Å²) in [5.74, 6) is -0.248. The average molecular weight is 257 g/mol. The number of nitrogens with one attached hydrogen (secondary N) is 1. The third-order valence-corrected chi connectivity index (χ3v) is 3.09. The number of esters is 1. The summed E-state index contributed by atoms with van der Waals surface area (Å²) in [6.07, 6.45) is 1.85. The standard InChI is InChI=1S/C16H19NO2/c1-3-19-16(18)15-11-14(17-12(15)2)10-9-13-7-5-4-6-8-13/h4-8,11,17H,3,9-10H2,1-2H3. The van der Waals surface area contributed by atoms with E-state index in [0.29, 0.717) is 12.2 Å². The van der Waals surface area contributed by atoms with Gasteiger partial charge in [0.25, 0.3) is 0 Å². The van der Waals surface area contributed by atoms with E-state index >= 15 is 0 Å². The molecule has 19 heavy (non-hydrogen) atoms. The summed E-state index contributed by atoms with van der Waals surface area (Å²) in [7, 11) is 0. The van der Waals surface area contributed by atoms with Crippen LogP contribution in [0.2, 0.25) is 0 Å². The van der Waals surface area contributed by atoms with Gasteiger partial charge in [0.15, 0.2) is 0 Å². The van der Waals surface area contributed by atoms with Gasteiger partial charge in [0.2, 0.25) is 0 Å². The molecule has 3 nitrogen and oxygen atoms in total. The smallest absolute Gasteiger partial charge is 0.339 e. The van der Waals surface area contributed by atoms with Crippen molar-refractivity contribution in [2.45, 2.75) is 26.7 Å². The normalized spacial score (nSPS) is 10.4. The van der Waals surface area contributed by atoms with Gasteiger partial charge in [-0.05, 0) is 38.3 Å². The monoisotopic (exact) mass is 257 g/mol. The molecular formula is C16H19NO2. The highest BCUT2D eigenvalue weighted by atomic mass is 16.5. The maximum atomic E-state index is 11.7. The number of benzene rings is 1. The number of aromatic amines is 1. The van der Waals surface area contributed by atoms with Gasteiger partial charge < -0.3 is 9.72 Å². The van der Waals surface area contributed by atoms with Gasteiger partial charge in [0.05, 0.1) is 12.2 Å². The van der Waals surface area contributed by atoms with Gasteiger partial charge in [0.1, 0.15) is 0 Å². The summed E-state index contributed by atoms with van der Waals surface area (Å²) in [5.41, 5.74) is 3.89. The van der Waals surface area contributed by atoms with E-state index in [2.05, 4.69) is 17.1 Å². The first-order chi connectivity index (χ1) is 9.20. The predicted octanol–water partition coefficient (Wildman–Crippen LogP) is 3.29. The Kier molecular flexibility index (Phi) is 4.39. The second-order valence-corrected chi connectivity index (χ2v) is 4.54. The minimum absolute atomic E-state index is 0.248. The van der Waals surface area contributed by atoms with Crippen LogP contribution in [0.1, 0.15) is 34.2 Å². The molecule has 0 aliphatic heterocycles. The summed E-state index contributed by atoms with van der Waals surface area (Å²) in [4.78, 5) is 15.0. The van der Waals surface area contributed by atoms with Crippen LogP contribution in [0.3, 0.4) is 0 Å². The van der Waals surface area contributed by atoms with Gasteiger partial charge >= 0.3 is 5.97 Å². The fourth-order valence-corrected chi connectivity index (χ4v) is 2.11.